The van der Waals surface area contributed by atoms with Gasteiger partial charge in [-0.1, -0.05) is 12.1 Å². The third-order valence-electron chi connectivity index (χ3n) is 1.54. The van der Waals surface area contributed by atoms with Gasteiger partial charge in [-0.05, 0) is 0 Å². The molecule has 1 fully saturated rings. The Balaban J connectivity index is 2.50. The zero-order valence-corrected chi connectivity index (χ0v) is 5.97. The molecule has 3 atom stereocenters. The molecule has 0 saturated carbocycles. The van der Waals surface area contributed by atoms with Crippen molar-refractivity contribution in [1.29, 1.82) is 0 Å². The molecular weight excluding hydrogens is 138 g/mol. The number of nitrogens with zero attached hydrogens (tertiary/aromatic N) is 1. The van der Waals surface area contributed by atoms with E-state index in [2.05, 4.69) is 5.18 Å². The van der Waals surface area contributed by atoms with E-state index < -0.39 is 6.10 Å². The maximum Gasteiger partial charge on any atom is 0.128 e. The molecule has 0 radical (unpaired) electrons. The van der Waals surface area contributed by atoms with Crippen molar-refractivity contribution in [3.8, 4) is 0 Å². The van der Waals surface area contributed by atoms with E-state index in [-0.39, 0.29) is 11.3 Å². The summed E-state index contributed by atoms with van der Waals surface area (Å²) in [6.07, 6.45) is -0.521. The normalized spacial score (nSPS) is 43.1. The van der Waals surface area contributed by atoms with Crippen molar-refractivity contribution in [2.45, 2.75) is 24.3 Å². The van der Waals surface area contributed by atoms with Crippen LogP contribution in [0.3, 0.4) is 0 Å². The zero-order chi connectivity index (χ0) is 6.85. The van der Waals surface area contributed by atoms with E-state index in [1.165, 1.54) is 0 Å². The Labute approximate surface area is 57.8 Å². The minimum Gasteiger partial charge on any atom is -0.390 e. The molecule has 0 aromatic rings. The molecule has 3 unspecified atom stereocenters. The standard InChI is InChI=1S/C5H9NO2S/c1-3-5(7)4(6-8)2-9-3/h3-5,7H,2H2,1H3. The summed E-state index contributed by atoms with van der Waals surface area (Å²) in [5, 5.41) is 12.1. The highest BCUT2D eigenvalue weighted by Crippen LogP contribution is 2.28. The maximum atomic E-state index is 9.94. The summed E-state index contributed by atoms with van der Waals surface area (Å²) in [6, 6.07) is -0.370. The van der Waals surface area contributed by atoms with Crippen LogP contribution in [0.1, 0.15) is 6.92 Å². The predicted molar refractivity (Wildman–Crippen MR) is 37.5 cm³/mol. The molecule has 1 aliphatic heterocycles. The summed E-state index contributed by atoms with van der Waals surface area (Å²) >= 11 is 1.59. The van der Waals surface area contributed by atoms with Gasteiger partial charge in [0.1, 0.15) is 6.04 Å². The van der Waals surface area contributed by atoms with Gasteiger partial charge in [-0.3, -0.25) is 0 Å². The molecule has 1 saturated heterocycles. The topological polar surface area (TPSA) is 49.7 Å². The summed E-state index contributed by atoms with van der Waals surface area (Å²) in [5.74, 6) is 0.672. The highest BCUT2D eigenvalue weighted by molar-refractivity contribution is 8.00. The molecule has 52 valence electrons. The number of aliphatic hydroxyl groups excluding tert-OH is 1. The van der Waals surface area contributed by atoms with Crippen molar-refractivity contribution in [3.63, 3.8) is 0 Å². The van der Waals surface area contributed by atoms with Crippen LogP contribution < -0.4 is 0 Å². The van der Waals surface area contributed by atoms with E-state index >= 15 is 0 Å². The van der Waals surface area contributed by atoms with Crippen molar-refractivity contribution in [2.24, 2.45) is 5.18 Å². The third kappa shape index (κ3) is 1.24. The number of rotatable bonds is 1. The summed E-state index contributed by atoms with van der Waals surface area (Å²) in [6.45, 7) is 1.90. The molecule has 1 N–H and O–H groups in total. The van der Waals surface area contributed by atoms with Gasteiger partial charge < -0.3 is 5.11 Å². The molecule has 1 rings (SSSR count). The minimum atomic E-state index is -0.521. The molecule has 4 heteroatoms. The van der Waals surface area contributed by atoms with Crippen LogP contribution in [0.5, 0.6) is 0 Å². The van der Waals surface area contributed by atoms with Gasteiger partial charge in [-0.25, -0.2) is 0 Å². The molecule has 1 heterocycles. The average Bonchev–Trinajstić information content (AvgIpc) is 2.15. The van der Waals surface area contributed by atoms with Crippen molar-refractivity contribution >= 4 is 11.8 Å². The maximum absolute atomic E-state index is 9.94. The quantitative estimate of drug-likeness (QED) is 0.553. The number of nitroso groups, excluding NO2 is 1. The number of aliphatic hydroxyl groups is 1. The Morgan fingerprint density at radius 3 is 2.67 bits per heavy atom. The van der Waals surface area contributed by atoms with Gasteiger partial charge in [-0.2, -0.15) is 16.7 Å². The Morgan fingerprint density at radius 2 is 2.44 bits per heavy atom. The molecule has 0 amide bonds. The lowest BCUT2D eigenvalue weighted by Crippen LogP contribution is -2.25. The second kappa shape index (κ2) is 2.66. The molecular formula is C5H9NO2S. The first-order valence-corrected chi connectivity index (χ1v) is 3.92. The molecule has 9 heavy (non-hydrogen) atoms. The van der Waals surface area contributed by atoms with E-state index in [0.717, 1.165) is 0 Å². The van der Waals surface area contributed by atoms with Gasteiger partial charge in [0.25, 0.3) is 0 Å². The second-order valence-corrected chi connectivity index (χ2v) is 3.61. The van der Waals surface area contributed by atoms with Crippen LogP contribution >= 0.6 is 11.8 Å². The van der Waals surface area contributed by atoms with Crippen molar-refractivity contribution in [2.75, 3.05) is 5.75 Å². The fraction of sp³-hybridized carbons (Fsp3) is 1.00. The van der Waals surface area contributed by atoms with Crippen molar-refractivity contribution in [3.05, 3.63) is 4.91 Å². The van der Waals surface area contributed by atoms with Crippen molar-refractivity contribution < 1.29 is 5.11 Å². The molecule has 1 aliphatic rings. The lowest BCUT2D eigenvalue weighted by atomic mass is 10.1. The third-order valence-corrected chi connectivity index (χ3v) is 2.88. The molecule has 0 bridgehead atoms. The van der Waals surface area contributed by atoms with E-state index in [4.69, 9.17) is 5.11 Å². The number of hydrogen-bond donors (Lipinski definition) is 1. The first-order valence-electron chi connectivity index (χ1n) is 2.88. The monoisotopic (exact) mass is 147 g/mol. The van der Waals surface area contributed by atoms with Gasteiger partial charge in [0.05, 0.1) is 6.10 Å². The summed E-state index contributed by atoms with van der Waals surface area (Å²) in [5.41, 5.74) is 0. The molecule has 0 aromatic carbocycles. The summed E-state index contributed by atoms with van der Waals surface area (Å²) in [4.78, 5) is 9.94. The Morgan fingerprint density at radius 1 is 1.78 bits per heavy atom. The fourth-order valence-electron chi connectivity index (χ4n) is 0.853. The van der Waals surface area contributed by atoms with E-state index in [9.17, 15) is 4.91 Å². The van der Waals surface area contributed by atoms with Gasteiger partial charge in [-0.15, -0.1) is 0 Å². The largest absolute Gasteiger partial charge is 0.390 e. The van der Waals surface area contributed by atoms with Gasteiger partial charge in [0, 0.05) is 11.0 Å². The lowest BCUT2D eigenvalue weighted by Gasteiger charge is -2.07. The van der Waals surface area contributed by atoms with Gasteiger partial charge in [0.2, 0.25) is 0 Å². The van der Waals surface area contributed by atoms with Crippen molar-refractivity contribution in [1.82, 2.24) is 0 Å². The highest BCUT2D eigenvalue weighted by Gasteiger charge is 2.33. The number of hydrogen-bond acceptors (Lipinski definition) is 4. The van der Waals surface area contributed by atoms with Crippen LogP contribution in [0.25, 0.3) is 0 Å². The number of thioether (sulfide) groups is 1. The highest BCUT2D eigenvalue weighted by atomic mass is 32.2. The van der Waals surface area contributed by atoms with Gasteiger partial charge >= 0.3 is 0 Å². The molecule has 0 spiro atoms. The average molecular weight is 147 g/mol. The fourth-order valence-corrected chi connectivity index (χ4v) is 1.99. The molecule has 3 nitrogen and oxygen atoms in total. The van der Waals surface area contributed by atoms with Crippen LogP contribution in [0.15, 0.2) is 5.18 Å². The van der Waals surface area contributed by atoms with Crippen LogP contribution in [0, 0.1) is 4.91 Å². The lowest BCUT2D eigenvalue weighted by molar-refractivity contribution is 0.162. The smallest absolute Gasteiger partial charge is 0.128 e. The second-order valence-electron chi connectivity index (χ2n) is 2.20. The molecule has 0 aromatic heterocycles. The van der Waals surface area contributed by atoms with Crippen LogP contribution in [0.2, 0.25) is 0 Å². The van der Waals surface area contributed by atoms with E-state index in [1.807, 2.05) is 6.92 Å². The first kappa shape index (κ1) is 7.02. The Hall–Kier alpha value is -0.0900. The van der Waals surface area contributed by atoms with E-state index in [1.54, 1.807) is 11.8 Å². The summed E-state index contributed by atoms with van der Waals surface area (Å²) in [7, 11) is 0. The SMILES string of the molecule is CC1SCC(N=O)C1O. The van der Waals surface area contributed by atoms with Crippen LogP contribution in [-0.4, -0.2) is 28.3 Å². The van der Waals surface area contributed by atoms with E-state index in [0.29, 0.717) is 5.75 Å². The zero-order valence-electron chi connectivity index (χ0n) is 5.15. The minimum absolute atomic E-state index is 0.174. The van der Waals surface area contributed by atoms with Crippen LogP contribution in [-0.2, 0) is 0 Å². The summed E-state index contributed by atoms with van der Waals surface area (Å²) < 4.78 is 0. The Kier molecular flexibility index (Phi) is 2.08. The molecule has 0 aliphatic carbocycles. The predicted octanol–water partition coefficient (Wildman–Crippen LogP) is 0.618. The van der Waals surface area contributed by atoms with Gasteiger partial charge in [0.15, 0.2) is 0 Å². The Bertz CT molecular complexity index is 120. The first-order chi connectivity index (χ1) is 4.25. The van der Waals surface area contributed by atoms with Crippen LogP contribution in [0.4, 0.5) is 0 Å².